The molecular formula is C19H20INO. The first-order valence-electron chi connectivity index (χ1n) is 7.82. The number of carbonyl (C=O) groups excluding carboxylic acids is 1. The molecular weight excluding hydrogens is 385 g/mol. The van der Waals surface area contributed by atoms with Gasteiger partial charge in [-0.3, -0.25) is 4.79 Å². The quantitative estimate of drug-likeness (QED) is 0.609. The van der Waals surface area contributed by atoms with Gasteiger partial charge < -0.3 is 5.32 Å². The fraction of sp³-hybridized carbons (Fsp3) is 0.316. The summed E-state index contributed by atoms with van der Waals surface area (Å²) in [5, 5.41) is 3.40. The van der Waals surface area contributed by atoms with Gasteiger partial charge in [-0.15, -0.1) is 0 Å². The van der Waals surface area contributed by atoms with E-state index in [9.17, 15) is 4.79 Å². The Labute approximate surface area is 145 Å². The van der Waals surface area contributed by atoms with Gasteiger partial charge in [-0.2, -0.15) is 0 Å². The van der Waals surface area contributed by atoms with Gasteiger partial charge in [0.25, 0.3) is 0 Å². The minimum absolute atomic E-state index is 0.0285. The van der Waals surface area contributed by atoms with Crippen molar-refractivity contribution in [3.05, 3.63) is 69.3 Å². The van der Waals surface area contributed by atoms with Crippen LogP contribution in [-0.2, 0) is 0 Å². The van der Waals surface area contributed by atoms with Crippen LogP contribution < -0.4 is 5.32 Å². The van der Waals surface area contributed by atoms with Crippen LogP contribution >= 0.6 is 22.6 Å². The van der Waals surface area contributed by atoms with Gasteiger partial charge in [-0.1, -0.05) is 48.5 Å². The van der Waals surface area contributed by atoms with Crippen LogP contribution in [0.4, 0.5) is 0 Å². The Morgan fingerprint density at radius 2 is 1.64 bits per heavy atom. The first-order chi connectivity index (χ1) is 10.8. The van der Waals surface area contributed by atoms with Gasteiger partial charge >= 0.3 is 0 Å². The molecule has 0 amide bonds. The Bertz CT molecular complexity index is 635. The summed E-state index contributed by atoms with van der Waals surface area (Å²) in [6, 6.07) is 18.2. The molecule has 22 heavy (non-hydrogen) atoms. The van der Waals surface area contributed by atoms with Gasteiger partial charge in [0.1, 0.15) is 0 Å². The summed E-state index contributed by atoms with van der Waals surface area (Å²) in [6.45, 7) is 2.01. The molecule has 1 aliphatic rings. The molecule has 1 N–H and O–H groups in total. The Balaban J connectivity index is 1.98. The normalized spacial score (nSPS) is 17.1. The van der Waals surface area contributed by atoms with Gasteiger partial charge in [0.2, 0.25) is 0 Å². The average Bonchev–Trinajstić information content (AvgIpc) is 2.57. The van der Waals surface area contributed by atoms with E-state index in [1.165, 1.54) is 0 Å². The van der Waals surface area contributed by atoms with Gasteiger partial charge in [0.15, 0.2) is 5.78 Å². The van der Waals surface area contributed by atoms with Crippen molar-refractivity contribution in [2.75, 3.05) is 13.1 Å². The number of rotatable bonds is 4. The van der Waals surface area contributed by atoms with E-state index < -0.39 is 0 Å². The number of ketones is 1. The molecule has 0 aromatic heterocycles. The van der Waals surface area contributed by atoms with E-state index in [0.717, 1.165) is 40.6 Å². The summed E-state index contributed by atoms with van der Waals surface area (Å²) in [5.41, 5.74) is 2.01. The van der Waals surface area contributed by atoms with Crippen LogP contribution in [0.15, 0.2) is 54.6 Å². The monoisotopic (exact) mass is 405 g/mol. The highest BCUT2D eigenvalue weighted by Gasteiger charge is 2.32. The fourth-order valence-corrected chi connectivity index (χ4v) is 3.96. The summed E-state index contributed by atoms with van der Waals surface area (Å²) >= 11 is 2.27. The second kappa shape index (κ2) is 7.38. The van der Waals surface area contributed by atoms with Gasteiger partial charge in [-0.05, 0) is 66.1 Å². The fourth-order valence-electron chi connectivity index (χ4n) is 3.30. The van der Waals surface area contributed by atoms with Crippen molar-refractivity contribution in [3.8, 4) is 0 Å². The van der Waals surface area contributed by atoms with Gasteiger partial charge in [-0.25, -0.2) is 0 Å². The van der Waals surface area contributed by atoms with Crippen molar-refractivity contribution in [2.45, 2.75) is 18.8 Å². The highest BCUT2D eigenvalue weighted by molar-refractivity contribution is 14.1. The van der Waals surface area contributed by atoms with E-state index in [0.29, 0.717) is 5.92 Å². The topological polar surface area (TPSA) is 29.1 Å². The number of nitrogens with one attached hydrogen (secondary N) is 1. The zero-order chi connectivity index (χ0) is 15.4. The zero-order valence-electron chi connectivity index (χ0n) is 12.5. The molecule has 1 unspecified atom stereocenters. The highest BCUT2D eigenvalue weighted by atomic mass is 127. The summed E-state index contributed by atoms with van der Waals surface area (Å²) < 4.78 is 1.04. The largest absolute Gasteiger partial charge is 0.317 e. The minimum Gasteiger partial charge on any atom is -0.317 e. The number of halogens is 1. The van der Waals surface area contributed by atoms with Crippen molar-refractivity contribution < 1.29 is 4.79 Å². The third-order valence-corrected chi connectivity index (χ3v) is 5.38. The van der Waals surface area contributed by atoms with Crippen LogP contribution in [0.25, 0.3) is 0 Å². The lowest BCUT2D eigenvalue weighted by molar-refractivity contribution is 0.0915. The summed E-state index contributed by atoms with van der Waals surface area (Å²) in [5.74, 6) is 0.662. The van der Waals surface area contributed by atoms with Crippen molar-refractivity contribution >= 4 is 28.4 Å². The smallest absolute Gasteiger partial charge is 0.171 e. The van der Waals surface area contributed by atoms with Crippen LogP contribution in [-0.4, -0.2) is 18.9 Å². The van der Waals surface area contributed by atoms with Crippen LogP contribution in [0.5, 0.6) is 0 Å². The standard InChI is InChI=1S/C19H20INO/c20-17-9-5-4-8-16(17)19(22)18(14-6-2-1-3-7-14)15-10-12-21-13-11-15/h1-9,15,18,21H,10-13H2. The van der Waals surface area contributed by atoms with E-state index in [1.807, 2.05) is 42.5 Å². The molecule has 2 aromatic carbocycles. The summed E-state index contributed by atoms with van der Waals surface area (Å²) in [7, 11) is 0. The van der Waals surface area contributed by atoms with Crippen molar-refractivity contribution in [2.24, 2.45) is 5.92 Å². The molecule has 1 heterocycles. The molecule has 0 aliphatic carbocycles. The lowest BCUT2D eigenvalue weighted by Crippen LogP contribution is -2.33. The second-order valence-corrected chi connectivity index (χ2v) is 6.98. The van der Waals surface area contributed by atoms with Crippen LogP contribution in [0.1, 0.15) is 34.7 Å². The molecule has 0 saturated carbocycles. The second-order valence-electron chi connectivity index (χ2n) is 5.82. The Hall–Kier alpha value is -1.20. The third-order valence-electron chi connectivity index (χ3n) is 4.44. The third kappa shape index (κ3) is 3.41. The molecule has 3 heteroatoms. The predicted molar refractivity (Wildman–Crippen MR) is 98.3 cm³/mol. The molecule has 1 saturated heterocycles. The van der Waals surface area contributed by atoms with Crippen LogP contribution in [0.2, 0.25) is 0 Å². The van der Waals surface area contributed by atoms with Crippen LogP contribution in [0, 0.1) is 9.49 Å². The number of carbonyl (C=O) groups is 1. The predicted octanol–water partition coefficient (Wildman–Crippen LogP) is 4.26. The van der Waals surface area contributed by atoms with Gasteiger partial charge in [0, 0.05) is 9.13 Å². The number of benzene rings is 2. The zero-order valence-corrected chi connectivity index (χ0v) is 14.6. The van der Waals surface area contributed by atoms with Gasteiger partial charge in [0.05, 0.1) is 5.92 Å². The van der Waals surface area contributed by atoms with Crippen molar-refractivity contribution in [3.63, 3.8) is 0 Å². The maximum atomic E-state index is 13.2. The SMILES string of the molecule is O=C(c1ccccc1I)C(c1ccccc1)C1CCNCC1. The lowest BCUT2D eigenvalue weighted by atomic mass is 9.76. The Morgan fingerprint density at radius 1 is 1.00 bits per heavy atom. The van der Waals surface area contributed by atoms with Crippen molar-refractivity contribution in [1.82, 2.24) is 5.32 Å². The molecule has 3 rings (SSSR count). The summed E-state index contributed by atoms with van der Waals surface area (Å²) in [6.07, 6.45) is 2.13. The maximum absolute atomic E-state index is 13.2. The lowest BCUT2D eigenvalue weighted by Gasteiger charge is -2.30. The molecule has 0 radical (unpaired) electrons. The maximum Gasteiger partial charge on any atom is 0.171 e. The Morgan fingerprint density at radius 3 is 2.32 bits per heavy atom. The molecule has 2 aromatic rings. The molecule has 0 bridgehead atoms. The number of hydrogen-bond acceptors (Lipinski definition) is 2. The molecule has 114 valence electrons. The minimum atomic E-state index is -0.0285. The molecule has 1 fully saturated rings. The van der Waals surface area contributed by atoms with Crippen molar-refractivity contribution in [1.29, 1.82) is 0 Å². The molecule has 1 atom stereocenters. The van der Waals surface area contributed by atoms with E-state index in [-0.39, 0.29) is 11.7 Å². The van der Waals surface area contributed by atoms with Crippen LogP contribution in [0.3, 0.4) is 0 Å². The Kier molecular flexibility index (Phi) is 5.26. The van der Waals surface area contributed by atoms with E-state index in [1.54, 1.807) is 0 Å². The number of Topliss-reactive ketones (excluding diaryl/α,β-unsaturated/α-hetero) is 1. The van der Waals surface area contributed by atoms with E-state index >= 15 is 0 Å². The first kappa shape index (κ1) is 15.7. The number of piperidine rings is 1. The van der Waals surface area contributed by atoms with E-state index in [4.69, 9.17) is 0 Å². The first-order valence-corrected chi connectivity index (χ1v) is 8.89. The molecule has 2 nitrogen and oxygen atoms in total. The van der Waals surface area contributed by atoms with E-state index in [2.05, 4.69) is 40.0 Å². The molecule has 0 spiro atoms. The summed E-state index contributed by atoms with van der Waals surface area (Å²) in [4.78, 5) is 13.2. The average molecular weight is 405 g/mol. The highest BCUT2D eigenvalue weighted by Crippen LogP contribution is 2.34. The molecule has 1 aliphatic heterocycles. The number of hydrogen-bond donors (Lipinski definition) is 1.